The molecule has 5 nitrogen and oxygen atoms in total. The first-order valence-corrected chi connectivity index (χ1v) is 10.0. The number of benzene rings is 3. The van der Waals surface area contributed by atoms with Gasteiger partial charge in [0, 0.05) is 5.69 Å². The number of nitrogens with zero attached hydrogens (tertiary/aromatic N) is 2. The number of para-hydroxylation sites is 3. The number of nitrogens with one attached hydrogen (secondary N) is 1. The van der Waals surface area contributed by atoms with Gasteiger partial charge in [-0.1, -0.05) is 60.7 Å². The molecule has 0 aliphatic carbocycles. The first-order chi connectivity index (χ1) is 14.5. The van der Waals surface area contributed by atoms with E-state index in [1.165, 1.54) is 0 Å². The Labute approximate surface area is 176 Å². The molecular formula is C25H25N3O2. The lowest BCUT2D eigenvalue weighted by Crippen LogP contribution is -2.56. The molecule has 0 aromatic heterocycles. The van der Waals surface area contributed by atoms with E-state index >= 15 is 0 Å². The Bertz CT molecular complexity index is 1050. The monoisotopic (exact) mass is 399 g/mol. The molecule has 4 rings (SSSR count). The Morgan fingerprint density at radius 3 is 2.20 bits per heavy atom. The lowest BCUT2D eigenvalue weighted by Gasteiger charge is -2.40. The molecule has 1 aliphatic heterocycles. The Kier molecular flexibility index (Phi) is 5.27. The zero-order chi connectivity index (χ0) is 21.1. The standard InChI is InChI=1S/C25H25N3O2/c1-25(2)24(30)28(22-16-10-9-15-21(22)26-25)18-23(29)27(20-13-7-4-8-14-20)17-19-11-5-3-6-12-19/h3-16,26H,17-18H2,1-2H3. The first kappa shape index (κ1) is 19.7. The fourth-order valence-corrected chi connectivity index (χ4v) is 3.73. The maximum atomic E-state index is 13.5. The number of rotatable bonds is 5. The molecule has 0 spiro atoms. The second kappa shape index (κ2) is 8.03. The fraction of sp³-hybridized carbons (Fsp3) is 0.200. The van der Waals surface area contributed by atoms with Gasteiger partial charge in [-0.25, -0.2) is 0 Å². The summed E-state index contributed by atoms with van der Waals surface area (Å²) in [6, 6.07) is 27.0. The van der Waals surface area contributed by atoms with Crippen LogP contribution in [-0.4, -0.2) is 23.9 Å². The summed E-state index contributed by atoms with van der Waals surface area (Å²) in [7, 11) is 0. The average molecular weight is 399 g/mol. The fourth-order valence-electron chi connectivity index (χ4n) is 3.73. The topological polar surface area (TPSA) is 52.7 Å². The molecule has 0 saturated carbocycles. The molecule has 5 heteroatoms. The molecule has 0 bridgehead atoms. The Balaban J connectivity index is 1.66. The van der Waals surface area contributed by atoms with Crippen LogP contribution in [0, 0.1) is 0 Å². The number of anilines is 3. The summed E-state index contributed by atoms with van der Waals surface area (Å²) in [6.07, 6.45) is 0. The smallest absolute Gasteiger partial charge is 0.252 e. The van der Waals surface area contributed by atoms with Crippen LogP contribution in [0.25, 0.3) is 0 Å². The third kappa shape index (κ3) is 3.92. The molecule has 1 N–H and O–H groups in total. The van der Waals surface area contributed by atoms with Crippen LogP contribution in [0.2, 0.25) is 0 Å². The van der Waals surface area contributed by atoms with Crippen LogP contribution in [0.4, 0.5) is 17.1 Å². The third-order valence-electron chi connectivity index (χ3n) is 5.27. The Hall–Kier alpha value is -3.60. The highest BCUT2D eigenvalue weighted by molar-refractivity contribution is 6.11. The normalized spacial score (nSPS) is 14.6. The van der Waals surface area contributed by atoms with Gasteiger partial charge in [-0.2, -0.15) is 0 Å². The van der Waals surface area contributed by atoms with Crippen LogP contribution in [0.15, 0.2) is 84.9 Å². The van der Waals surface area contributed by atoms with Crippen LogP contribution in [0.1, 0.15) is 19.4 Å². The molecular weight excluding hydrogens is 374 g/mol. The summed E-state index contributed by atoms with van der Waals surface area (Å²) >= 11 is 0. The number of amides is 2. The highest BCUT2D eigenvalue weighted by Gasteiger charge is 2.39. The van der Waals surface area contributed by atoms with Crippen molar-refractivity contribution in [2.45, 2.75) is 25.9 Å². The highest BCUT2D eigenvalue weighted by Crippen LogP contribution is 2.35. The van der Waals surface area contributed by atoms with Gasteiger partial charge < -0.3 is 10.2 Å². The maximum Gasteiger partial charge on any atom is 0.252 e. The zero-order valence-corrected chi connectivity index (χ0v) is 17.2. The maximum absolute atomic E-state index is 13.5. The Morgan fingerprint density at radius 2 is 1.50 bits per heavy atom. The van der Waals surface area contributed by atoms with E-state index in [4.69, 9.17) is 0 Å². The van der Waals surface area contributed by atoms with E-state index < -0.39 is 5.54 Å². The van der Waals surface area contributed by atoms with Crippen molar-refractivity contribution in [3.8, 4) is 0 Å². The molecule has 152 valence electrons. The van der Waals surface area contributed by atoms with Crippen LogP contribution in [0.5, 0.6) is 0 Å². The quantitative estimate of drug-likeness (QED) is 0.689. The van der Waals surface area contributed by atoms with Crippen molar-refractivity contribution < 1.29 is 9.59 Å². The van der Waals surface area contributed by atoms with E-state index in [-0.39, 0.29) is 18.4 Å². The predicted octanol–water partition coefficient (Wildman–Crippen LogP) is 4.46. The van der Waals surface area contributed by atoms with Crippen LogP contribution in [-0.2, 0) is 16.1 Å². The molecule has 2 amide bonds. The van der Waals surface area contributed by atoms with Crippen LogP contribution < -0.4 is 15.1 Å². The minimum absolute atomic E-state index is 0.0251. The summed E-state index contributed by atoms with van der Waals surface area (Å²) in [5.41, 5.74) is 2.63. The molecule has 3 aromatic carbocycles. The highest BCUT2D eigenvalue weighted by atomic mass is 16.2. The van der Waals surface area contributed by atoms with E-state index in [2.05, 4.69) is 5.32 Å². The van der Waals surface area contributed by atoms with Gasteiger partial charge >= 0.3 is 0 Å². The van der Waals surface area contributed by atoms with Crippen molar-refractivity contribution in [1.29, 1.82) is 0 Å². The van der Waals surface area contributed by atoms with Crippen LogP contribution in [0.3, 0.4) is 0 Å². The number of hydrogen-bond donors (Lipinski definition) is 1. The first-order valence-electron chi connectivity index (χ1n) is 10.0. The molecule has 0 saturated heterocycles. The average Bonchev–Trinajstić information content (AvgIpc) is 2.76. The molecule has 0 atom stereocenters. The predicted molar refractivity (Wildman–Crippen MR) is 121 cm³/mol. The summed E-state index contributed by atoms with van der Waals surface area (Å²) in [4.78, 5) is 30.0. The van der Waals surface area contributed by atoms with Gasteiger partial charge in [0.05, 0.1) is 17.9 Å². The molecule has 1 heterocycles. The SMILES string of the molecule is CC1(C)Nc2ccccc2N(CC(=O)N(Cc2ccccc2)c2ccccc2)C1=O. The molecule has 0 radical (unpaired) electrons. The summed E-state index contributed by atoms with van der Waals surface area (Å²) in [6.45, 7) is 4.08. The van der Waals surface area contributed by atoms with Crippen molar-refractivity contribution >= 4 is 28.9 Å². The minimum atomic E-state index is -0.786. The largest absolute Gasteiger partial charge is 0.370 e. The van der Waals surface area contributed by atoms with E-state index in [1.54, 1.807) is 9.80 Å². The van der Waals surface area contributed by atoms with Gasteiger partial charge in [-0.05, 0) is 43.7 Å². The van der Waals surface area contributed by atoms with Gasteiger partial charge in [0.25, 0.3) is 5.91 Å². The lowest BCUT2D eigenvalue weighted by atomic mass is 9.98. The van der Waals surface area contributed by atoms with Gasteiger partial charge in [-0.3, -0.25) is 14.5 Å². The van der Waals surface area contributed by atoms with Crippen molar-refractivity contribution in [3.05, 3.63) is 90.5 Å². The van der Waals surface area contributed by atoms with Gasteiger partial charge in [0.2, 0.25) is 5.91 Å². The summed E-state index contributed by atoms with van der Waals surface area (Å²) in [5.74, 6) is -0.256. The minimum Gasteiger partial charge on any atom is -0.370 e. The van der Waals surface area contributed by atoms with E-state index in [1.807, 2.05) is 98.8 Å². The summed E-state index contributed by atoms with van der Waals surface area (Å²) in [5, 5.41) is 3.27. The molecule has 1 aliphatic rings. The van der Waals surface area contributed by atoms with Crippen molar-refractivity contribution in [3.63, 3.8) is 0 Å². The number of carbonyl (C=O) groups is 2. The van der Waals surface area contributed by atoms with Gasteiger partial charge in [0.1, 0.15) is 12.1 Å². The molecule has 0 unspecified atom stereocenters. The lowest BCUT2D eigenvalue weighted by molar-refractivity contribution is -0.125. The number of hydrogen-bond acceptors (Lipinski definition) is 3. The van der Waals surface area contributed by atoms with Crippen molar-refractivity contribution in [1.82, 2.24) is 0 Å². The second-order valence-corrected chi connectivity index (χ2v) is 7.96. The Morgan fingerprint density at radius 1 is 0.900 bits per heavy atom. The zero-order valence-electron chi connectivity index (χ0n) is 17.2. The van der Waals surface area contributed by atoms with E-state index in [0.29, 0.717) is 6.54 Å². The number of fused-ring (bicyclic) bond motifs is 1. The van der Waals surface area contributed by atoms with Crippen molar-refractivity contribution in [2.24, 2.45) is 0 Å². The number of carbonyl (C=O) groups excluding carboxylic acids is 2. The van der Waals surface area contributed by atoms with E-state index in [9.17, 15) is 9.59 Å². The van der Waals surface area contributed by atoms with E-state index in [0.717, 1.165) is 22.6 Å². The van der Waals surface area contributed by atoms with Crippen molar-refractivity contribution in [2.75, 3.05) is 21.7 Å². The third-order valence-corrected chi connectivity index (χ3v) is 5.27. The summed E-state index contributed by atoms with van der Waals surface area (Å²) < 4.78 is 0. The second-order valence-electron chi connectivity index (χ2n) is 7.96. The molecule has 0 fully saturated rings. The van der Waals surface area contributed by atoms with Crippen LogP contribution >= 0.6 is 0 Å². The van der Waals surface area contributed by atoms with Gasteiger partial charge in [0.15, 0.2) is 0 Å². The molecule has 30 heavy (non-hydrogen) atoms. The molecule has 3 aromatic rings. The van der Waals surface area contributed by atoms with Gasteiger partial charge in [-0.15, -0.1) is 0 Å².